The van der Waals surface area contributed by atoms with Crippen LogP contribution in [0.1, 0.15) is 31.2 Å². The minimum atomic E-state index is -1.41. The van der Waals surface area contributed by atoms with E-state index in [1.54, 1.807) is 12.1 Å². The number of halogens is 1. The quantitative estimate of drug-likeness (QED) is 0.347. The molecular formula is C19H30FNO6. The van der Waals surface area contributed by atoms with Crippen LogP contribution in [0.4, 0.5) is 4.39 Å². The van der Waals surface area contributed by atoms with E-state index in [1.165, 1.54) is 12.1 Å². The van der Waals surface area contributed by atoms with Crippen LogP contribution in [0.3, 0.4) is 0 Å². The molecule has 1 saturated heterocycles. The molecule has 5 atom stereocenters. The summed E-state index contributed by atoms with van der Waals surface area (Å²) < 4.78 is 23.5. The lowest BCUT2D eigenvalue weighted by Gasteiger charge is -2.39. The van der Waals surface area contributed by atoms with Gasteiger partial charge >= 0.3 is 0 Å². The molecule has 8 heteroatoms. The highest BCUT2D eigenvalue weighted by atomic mass is 19.1. The Balaban J connectivity index is 1.50. The predicted octanol–water partition coefficient (Wildman–Crippen LogP) is 0.292. The molecule has 0 aromatic heterocycles. The highest BCUT2D eigenvalue weighted by Gasteiger charge is 2.43. The van der Waals surface area contributed by atoms with Gasteiger partial charge in [0.2, 0.25) is 0 Å². The summed E-state index contributed by atoms with van der Waals surface area (Å²) in [7, 11) is 0. The summed E-state index contributed by atoms with van der Waals surface area (Å²) in [5.41, 5.74) is 1.05. The van der Waals surface area contributed by atoms with E-state index >= 15 is 0 Å². The van der Waals surface area contributed by atoms with Crippen LogP contribution in [0.25, 0.3) is 0 Å². The molecule has 0 unspecified atom stereocenters. The van der Waals surface area contributed by atoms with Crippen LogP contribution in [0.5, 0.6) is 0 Å². The van der Waals surface area contributed by atoms with Crippen molar-refractivity contribution in [3.05, 3.63) is 35.6 Å². The van der Waals surface area contributed by atoms with Crippen molar-refractivity contribution in [2.24, 2.45) is 0 Å². The first kappa shape index (κ1) is 22.2. The summed E-state index contributed by atoms with van der Waals surface area (Å²) in [6.45, 7) is 1.47. The molecule has 0 bridgehead atoms. The minimum Gasteiger partial charge on any atom is -0.394 e. The largest absolute Gasteiger partial charge is 0.394 e. The first-order valence-electron chi connectivity index (χ1n) is 9.40. The molecule has 0 amide bonds. The Kier molecular flexibility index (Phi) is 9.57. The van der Waals surface area contributed by atoms with Crippen LogP contribution < -0.4 is 5.32 Å². The average Bonchev–Trinajstić information content (AvgIpc) is 2.67. The zero-order chi connectivity index (χ0) is 19.6. The third kappa shape index (κ3) is 7.08. The van der Waals surface area contributed by atoms with Crippen LogP contribution >= 0.6 is 0 Å². The summed E-state index contributed by atoms with van der Waals surface area (Å²) in [4.78, 5) is 0. The van der Waals surface area contributed by atoms with Crippen LogP contribution in [0, 0.1) is 5.82 Å². The number of rotatable bonds is 11. The van der Waals surface area contributed by atoms with Gasteiger partial charge in [-0.15, -0.1) is 0 Å². The summed E-state index contributed by atoms with van der Waals surface area (Å²) >= 11 is 0. The fraction of sp³-hybridized carbons (Fsp3) is 0.684. The van der Waals surface area contributed by atoms with E-state index in [9.17, 15) is 19.7 Å². The topological polar surface area (TPSA) is 111 Å². The molecule has 1 aromatic rings. The summed E-state index contributed by atoms with van der Waals surface area (Å²) in [5.74, 6) is -0.232. The molecule has 2 rings (SSSR count). The zero-order valence-corrected chi connectivity index (χ0v) is 15.3. The van der Waals surface area contributed by atoms with Gasteiger partial charge in [0, 0.05) is 13.2 Å². The molecule has 5 N–H and O–H groups in total. The number of hydrogen-bond acceptors (Lipinski definition) is 7. The van der Waals surface area contributed by atoms with Crippen molar-refractivity contribution in [2.75, 3.05) is 19.8 Å². The van der Waals surface area contributed by atoms with Gasteiger partial charge in [0.05, 0.1) is 6.61 Å². The molecule has 0 radical (unpaired) electrons. The molecule has 0 spiro atoms. The fourth-order valence-electron chi connectivity index (χ4n) is 2.95. The van der Waals surface area contributed by atoms with Crippen molar-refractivity contribution in [3.8, 4) is 0 Å². The molecule has 7 nitrogen and oxygen atoms in total. The van der Waals surface area contributed by atoms with Crippen LogP contribution in [-0.4, -0.2) is 70.9 Å². The van der Waals surface area contributed by atoms with Crippen molar-refractivity contribution in [3.63, 3.8) is 0 Å². The number of aliphatic hydroxyl groups is 4. The second-order valence-electron chi connectivity index (χ2n) is 6.79. The number of benzene rings is 1. The molecule has 154 valence electrons. The smallest absolute Gasteiger partial charge is 0.186 e. The first-order valence-corrected chi connectivity index (χ1v) is 9.40. The summed E-state index contributed by atoms with van der Waals surface area (Å²) in [6.07, 6.45) is -2.41. The van der Waals surface area contributed by atoms with E-state index in [1.807, 2.05) is 0 Å². The molecule has 1 fully saturated rings. The second-order valence-corrected chi connectivity index (χ2v) is 6.79. The number of hydrogen-bond donors (Lipinski definition) is 5. The third-order valence-electron chi connectivity index (χ3n) is 4.62. The molecule has 1 aromatic carbocycles. The highest BCUT2D eigenvalue weighted by Crippen LogP contribution is 2.22. The van der Waals surface area contributed by atoms with Crippen molar-refractivity contribution in [1.82, 2.24) is 5.32 Å². The lowest BCUT2D eigenvalue weighted by atomic mass is 9.99. The van der Waals surface area contributed by atoms with Crippen LogP contribution in [0.2, 0.25) is 0 Å². The fourth-order valence-corrected chi connectivity index (χ4v) is 2.95. The normalized spacial score (nSPS) is 28.4. The van der Waals surface area contributed by atoms with Gasteiger partial charge in [-0.2, -0.15) is 0 Å². The number of unbranched alkanes of at least 4 members (excludes halogenated alkanes) is 3. The van der Waals surface area contributed by atoms with E-state index in [0.717, 1.165) is 37.8 Å². The Labute approximate surface area is 158 Å². The first-order chi connectivity index (χ1) is 13.0. The van der Waals surface area contributed by atoms with Gasteiger partial charge in [0.1, 0.15) is 30.2 Å². The Hall–Kier alpha value is -1.13. The molecule has 27 heavy (non-hydrogen) atoms. The van der Waals surface area contributed by atoms with Crippen molar-refractivity contribution in [2.45, 2.75) is 62.9 Å². The minimum absolute atomic E-state index is 0.232. The van der Waals surface area contributed by atoms with Gasteiger partial charge in [-0.05, 0) is 37.1 Å². The lowest BCUT2D eigenvalue weighted by Crippen LogP contribution is -2.59. The maximum absolute atomic E-state index is 12.8. The number of aliphatic hydroxyl groups excluding tert-OH is 4. The third-order valence-corrected chi connectivity index (χ3v) is 4.62. The molecule has 0 saturated carbocycles. The lowest BCUT2D eigenvalue weighted by molar-refractivity contribution is -0.301. The van der Waals surface area contributed by atoms with E-state index in [0.29, 0.717) is 13.2 Å². The van der Waals surface area contributed by atoms with Crippen molar-refractivity contribution in [1.29, 1.82) is 0 Å². The Morgan fingerprint density at radius 1 is 0.963 bits per heavy atom. The maximum Gasteiger partial charge on any atom is 0.186 e. The van der Waals surface area contributed by atoms with Gasteiger partial charge in [-0.3, -0.25) is 0 Å². The monoisotopic (exact) mass is 387 g/mol. The van der Waals surface area contributed by atoms with Gasteiger partial charge in [-0.1, -0.05) is 25.0 Å². The molecule has 1 aliphatic heterocycles. The highest BCUT2D eigenvalue weighted by molar-refractivity contribution is 5.15. The number of ether oxygens (including phenoxy) is 2. The molecular weight excluding hydrogens is 357 g/mol. The molecule has 1 heterocycles. The van der Waals surface area contributed by atoms with Crippen LogP contribution in [0.15, 0.2) is 24.3 Å². The second kappa shape index (κ2) is 11.7. The predicted molar refractivity (Wildman–Crippen MR) is 96.3 cm³/mol. The standard InChI is InChI=1S/C19H30FNO6/c20-14-7-5-13(6-8-14)11-21-9-3-1-2-4-10-26-19-18(25)17(24)16(23)15(12-22)27-19/h5-8,15-19,21-25H,1-4,9-12H2/t15-,16+,17+,18-,19-/m1/s1. The van der Waals surface area contributed by atoms with Gasteiger partial charge in [-0.25, -0.2) is 4.39 Å². The van der Waals surface area contributed by atoms with E-state index in [4.69, 9.17) is 14.6 Å². The van der Waals surface area contributed by atoms with Gasteiger partial charge < -0.3 is 35.2 Å². The molecule has 0 aliphatic carbocycles. The Morgan fingerprint density at radius 2 is 1.67 bits per heavy atom. The Morgan fingerprint density at radius 3 is 2.37 bits per heavy atom. The van der Waals surface area contributed by atoms with Crippen molar-refractivity contribution >= 4 is 0 Å². The molecule has 1 aliphatic rings. The maximum atomic E-state index is 12.8. The summed E-state index contributed by atoms with van der Waals surface area (Å²) in [5, 5.41) is 41.7. The van der Waals surface area contributed by atoms with E-state index in [2.05, 4.69) is 5.32 Å². The van der Waals surface area contributed by atoms with Gasteiger partial charge in [0.25, 0.3) is 0 Å². The van der Waals surface area contributed by atoms with Crippen LogP contribution in [-0.2, 0) is 16.0 Å². The average molecular weight is 387 g/mol. The number of nitrogens with one attached hydrogen (secondary N) is 1. The Bertz CT molecular complexity index is 529. The zero-order valence-electron chi connectivity index (χ0n) is 15.3. The van der Waals surface area contributed by atoms with E-state index in [-0.39, 0.29) is 5.82 Å². The van der Waals surface area contributed by atoms with Gasteiger partial charge in [0.15, 0.2) is 6.29 Å². The van der Waals surface area contributed by atoms with E-state index < -0.39 is 37.3 Å². The summed E-state index contributed by atoms with van der Waals surface area (Å²) in [6, 6.07) is 6.43. The van der Waals surface area contributed by atoms with Crippen molar-refractivity contribution < 1.29 is 34.3 Å². The SMILES string of the molecule is OC[C@H]1O[C@@H](OCCCCCCNCc2ccc(F)cc2)[C@H](O)[C@@H](O)[C@H]1O.